The van der Waals surface area contributed by atoms with Gasteiger partial charge in [0.15, 0.2) is 11.5 Å². The second kappa shape index (κ2) is 9.87. The highest BCUT2D eigenvalue weighted by atomic mass is 32.2. The Morgan fingerprint density at radius 2 is 1.81 bits per heavy atom. The molecule has 0 aromatic heterocycles. The number of esters is 1. The second-order valence-corrected chi connectivity index (χ2v) is 6.60. The molecule has 2 rings (SSSR count). The van der Waals surface area contributed by atoms with Crippen LogP contribution in [0.3, 0.4) is 0 Å². The molecule has 0 saturated carbocycles. The molecule has 0 aliphatic heterocycles. The Morgan fingerprint density at radius 3 is 2.48 bits per heavy atom. The van der Waals surface area contributed by atoms with Crippen LogP contribution in [0, 0.1) is 6.92 Å². The van der Waals surface area contributed by atoms with Gasteiger partial charge < -0.3 is 19.5 Å². The molecule has 0 saturated heterocycles. The highest BCUT2D eigenvalue weighted by molar-refractivity contribution is 8.00. The van der Waals surface area contributed by atoms with Crippen LogP contribution in [0.25, 0.3) is 0 Å². The molecule has 144 valence electrons. The normalized spacial score (nSPS) is 10.2. The molecule has 0 unspecified atom stereocenters. The van der Waals surface area contributed by atoms with Gasteiger partial charge in [-0.05, 0) is 49.7 Å². The Hall–Kier alpha value is -2.67. The van der Waals surface area contributed by atoms with Crippen molar-refractivity contribution in [3.8, 4) is 11.5 Å². The van der Waals surface area contributed by atoms with E-state index in [1.165, 1.54) is 11.8 Å². The van der Waals surface area contributed by atoms with Crippen molar-refractivity contribution in [3.05, 3.63) is 47.5 Å². The molecular weight excluding hydrogens is 366 g/mol. The summed E-state index contributed by atoms with van der Waals surface area (Å²) in [7, 11) is 3.14. The molecule has 6 nitrogen and oxygen atoms in total. The lowest BCUT2D eigenvalue weighted by molar-refractivity contribution is -0.113. The van der Waals surface area contributed by atoms with Crippen molar-refractivity contribution in [1.29, 1.82) is 0 Å². The maximum absolute atomic E-state index is 12.3. The van der Waals surface area contributed by atoms with Gasteiger partial charge in [-0.15, -0.1) is 11.8 Å². The van der Waals surface area contributed by atoms with Crippen molar-refractivity contribution in [3.63, 3.8) is 0 Å². The van der Waals surface area contributed by atoms with E-state index in [9.17, 15) is 9.59 Å². The average Bonchev–Trinajstić information content (AvgIpc) is 2.67. The van der Waals surface area contributed by atoms with Crippen LogP contribution < -0.4 is 14.8 Å². The van der Waals surface area contributed by atoms with Crippen LogP contribution in [0.1, 0.15) is 22.8 Å². The van der Waals surface area contributed by atoms with Crippen LogP contribution in [-0.4, -0.2) is 38.5 Å². The van der Waals surface area contributed by atoms with Crippen molar-refractivity contribution in [2.24, 2.45) is 0 Å². The van der Waals surface area contributed by atoms with E-state index >= 15 is 0 Å². The van der Waals surface area contributed by atoms with E-state index in [0.29, 0.717) is 34.9 Å². The molecule has 0 atom stereocenters. The predicted molar refractivity (Wildman–Crippen MR) is 106 cm³/mol. The number of benzene rings is 2. The summed E-state index contributed by atoms with van der Waals surface area (Å²) in [5, 5.41) is 2.85. The molecule has 1 amide bonds. The van der Waals surface area contributed by atoms with Crippen molar-refractivity contribution in [2.75, 3.05) is 31.9 Å². The summed E-state index contributed by atoms with van der Waals surface area (Å²) >= 11 is 1.38. The molecule has 1 N–H and O–H groups in total. The van der Waals surface area contributed by atoms with E-state index in [4.69, 9.17) is 14.2 Å². The number of anilines is 1. The van der Waals surface area contributed by atoms with Crippen molar-refractivity contribution < 1.29 is 23.8 Å². The first-order valence-electron chi connectivity index (χ1n) is 8.41. The zero-order valence-electron chi connectivity index (χ0n) is 15.8. The first-order chi connectivity index (χ1) is 13.0. The molecule has 0 heterocycles. The van der Waals surface area contributed by atoms with Gasteiger partial charge >= 0.3 is 5.97 Å². The zero-order valence-corrected chi connectivity index (χ0v) is 16.6. The van der Waals surface area contributed by atoms with E-state index in [0.717, 1.165) is 4.90 Å². The van der Waals surface area contributed by atoms with Crippen LogP contribution in [0.4, 0.5) is 5.69 Å². The zero-order chi connectivity index (χ0) is 19.8. The van der Waals surface area contributed by atoms with E-state index < -0.39 is 5.97 Å². The highest BCUT2D eigenvalue weighted by Gasteiger charge is 2.14. The Labute approximate surface area is 163 Å². The fraction of sp³-hybridized carbons (Fsp3) is 0.300. The van der Waals surface area contributed by atoms with Crippen LogP contribution >= 0.6 is 11.8 Å². The lowest BCUT2D eigenvalue weighted by atomic mass is 10.1. The monoisotopic (exact) mass is 389 g/mol. The molecule has 0 fully saturated rings. The minimum atomic E-state index is -0.397. The number of amides is 1. The van der Waals surface area contributed by atoms with Crippen LogP contribution in [0.2, 0.25) is 0 Å². The summed E-state index contributed by atoms with van der Waals surface area (Å²) in [5.74, 6) is 0.904. The molecule has 0 radical (unpaired) electrons. The summed E-state index contributed by atoms with van der Waals surface area (Å²) in [5.41, 5.74) is 1.72. The first kappa shape index (κ1) is 20.6. The Kier molecular flexibility index (Phi) is 7.55. The number of thioether (sulfide) groups is 1. The quantitative estimate of drug-likeness (QED) is 0.545. The SMILES string of the molecule is CCOC(=O)c1cccc(NC(=O)CSc2ccc(OC)c(OC)c2)c1C. The van der Waals surface area contributed by atoms with Crippen LogP contribution in [-0.2, 0) is 9.53 Å². The maximum Gasteiger partial charge on any atom is 0.338 e. The molecule has 27 heavy (non-hydrogen) atoms. The van der Waals surface area contributed by atoms with Gasteiger partial charge in [0.2, 0.25) is 5.91 Å². The van der Waals surface area contributed by atoms with Gasteiger partial charge in [0.1, 0.15) is 0 Å². The van der Waals surface area contributed by atoms with E-state index in [-0.39, 0.29) is 11.7 Å². The fourth-order valence-corrected chi connectivity index (χ4v) is 3.17. The number of nitrogens with one attached hydrogen (secondary N) is 1. The number of hydrogen-bond acceptors (Lipinski definition) is 6. The Morgan fingerprint density at radius 1 is 1.07 bits per heavy atom. The van der Waals surface area contributed by atoms with Gasteiger partial charge in [-0.1, -0.05) is 6.07 Å². The largest absolute Gasteiger partial charge is 0.493 e. The molecule has 0 aliphatic carbocycles. The minimum absolute atomic E-state index is 0.168. The Bertz CT molecular complexity index is 822. The number of carbonyl (C=O) groups excluding carboxylic acids is 2. The van der Waals surface area contributed by atoms with Gasteiger partial charge in [0.25, 0.3) is 0 Å². The standard InChI is InChI=1S/C20H23NO5S/c1-5-26-20(23)15-7-6-8-16(13(15)2)21-19(22)12-27-14-9-10-17(24-3)18(11-14)25-4/h6-11H,5,12H2,1-4H3,(H,21,22). The van der Waals surface area contributed by atoms with Crippen LogP contribution in [0.15, 0.2) is 41.3 Å². The number of methoxy groups -OCH3 is 2. The molecule has 2 aromatic rings. The smallest absolute Gasteiger partial charge is 0.338 e. The number of rotatable bonds is 8. The van der Waals surface area contributed by atoms with Gasteiger partial charge in [0.05, 0.1) is 32.1 Å². The number of hydrogen-bond donors (Lipinski definition) is 1. The molecular formula is C20H23NO5S. The summed E-state index contributed by atoms with van der Waals surface area (Å²) in [4.78, 5) is 25.2. The van der Waals surface area contributed by atoms with Gasteiger partial charge in [0, 0.05) is 10.6 Å². The van der Waals surface area contributed by atoms with Crippen LogP contribution in [0.5, 0.6) is 11.5 Å². The molecule has 0 bridgehead atoms. The second-order valence-electron chi connectivity index (χ2n) is 5.55. The predicted octanol–water partition coefficient (Wildman–Crippen LogP) is 3.92. The Balaban J connectivity index is 2.02. The average molecular weight is 389 g/mol. The minimum Gasteiger partial charge on any atom is -0.493 e. The van der Waals surface area contributed by atoms with Crippen molar-refractivity contribution in [1.82, 2.24) is 0 Å². The summed E-state index contributed by atoms with van der Waals surface area (Å²) in [6, 6.07) is 10.6. The third-order valence-corrected chi connectivity index (χ3v) is 4.82. The fourth-order valence-electron chi connectivity index (χ4n) is 2.44. The summed E-state index contributed by atoms with van der Waals surface area (Å²) in [6.07, 6.45) is 0. The van der Waals surface area contributed by atoms with Gasteiger partial charge in [-0.2, -0.15) is 0 Å². The lowest BCUT2D eigenvalue weighted by Crippen LogP contribution is -2.16. The summed E-state index contributed by atoms with van der Waals surface area (Å²) < 4.78 is 15.5. The van der Waals surface area contributed by atoms with E-state index in [2.05, 4.69) is 5.32 Å². The number of ether oxygens (including phenoxy) is 3. The van der Waals surface area contributed by atoms with E-state index in [1.807, 2.05) is 12.1 Å². The molecule has 0 aliphatic rings. The third-order valence-electron chi connectivity index (χ3n) is 3.83. The van der Waals surface area contributed by atoms with Crippen molar-refractivity contribution in [2.45, 2.75) is 18.7 Å². The van der Waals surface area contributed by atoms with Crippen molar-refractivity contribution >= 4 is 29.3 Å². The van der Waals surface area contributed by atoms with Gasteiger partial charge in [-0.3, -0.25) is 4.79 Å². The number of carbonyl (C=O) groups is 2. The molecule has 2 aromatic carbocycles. The van der Waals surface area contributed by atoms with Gasteiger partial charge in [-0.25, -0.2) is 4.79 Å². The third kappa shape index (κ3) is 5.40. The molecule has 0 spiro atoms. The van der Waals surface area contributed by atoms with E-state index in [1.54, 1.807) is 52.3 Å². The maximum atomic E-state index is 12.3. The topological polar surface area (TPSA) is 73.9 Å². The molecule has 7 heteroatoms. The lowest BCUT2D eigenvalue weighted by Gasteiger charge is -2.12. The summed E-state index contributed by atoms with van der Waals surface area (Å²) in [6.45, 7) is 3.84. The highest BCUT2D eigenvalue weighted by Crippen LogP contribution is 2.32. The first-order valence-corrected chi connectivity index (χ1v) is 9.40.